The van der Waals surface area contributed by atoms with E-state index in [4.69, 9.17) is 18.9 Å². The second-order valence-corrected chi connectivity index (χ2v) is 25.4. The van der Waals surface area contributed by atoms with Crippen LogP contribution in [0.1, 0.15) is 117 Å². The molecule has 4 aromatic heterocycles. The van der Waals surface area contributed by atoms with Gasteiger partial charge in [0.15, 0.2) is 24.4 Å². The van der Waals surface area contributed by atoms with Crippen LogP contribution in [0.3, 0.4) is 0 Å². The van der Waals surface area contributed by atoms with E-state index in [2.05, 4.69) is 10.2 Å². The smallest absolute Gasteiger partial charge is 0.329 e. The molecule has 484 valence electrons. The van der Waals surface area contributed by atoms with Gasteiger partial charge in [0.05, 0.1) is 36.9 Å². The summed E-state index contributed by atoms with van der Waals surface area (Å²) in [5.74, 6) is -7.53. The van der Waals surface area contributed by atoms with E-state index in [1.165, 1.54) is 42.0 Å². The van der Waals surface area contributed by atoms with E-state index < -0.39 is 96.1 Å². The summed E-state index contributed by atoms with van der Waals surface area (Å²) in [5.41, 5.74) is 4.77. The van der Waals surface area contributed by atoms with Gasteiger partial charge < -0.3 is 47.7 Å². The third-order valence-electron chi connectivity index (χ3n) is 16.1. The van der Waals surface area contributed by atoms with Crippen LogP contribution in [0.5, 0.6) is 0 Å². The number of esters is 4. The molecule has 1 aliphatic rings. The summed E-state index contributed by atoms with van der Waals surface area (Å²) in [5, 5.41) is 9.03. The van der Waals surface area contributed by atoms with Crippen LogP contribution in [0.15, 0.2) is 122 Å². The summed E-state index contributed by atoms with van der Waals surface area (Å²) < 4.78 is 31.9. The Morgan fingerprint density at radius 1 is 0.389 bits per heavy atom. The summed E-state index contributed by atoms with van der Waals surface area (Å²) >= 11 is 0. The molecular formula is C68H90N10O12. The highest BCUT2D eigenvalue weighted by Crippen LogP contribution is 2.25. The molecular weight excluding hydrogens is 1150 g/mol. The van der Waals surface area contributed by atoms with Crippen molar-refractivity contribution in [3.05, 3.63) is 145 Å². The first kappa shape index (κ1) is 68.7. The largest absolute Gasteiger partial charge is 0.451 e. The van der Waals surface area contributed by atoms with Gasteiger partial charge in [-0.1, -0.05) is 104 Å². The molecule has 0 radical (unpaired) electrons. The fraction of sp³-hybridized carbons (Fsp3) is 0.500. The van der Waals surface area contributed by atoms with Crippen molar-refractivity contribution in [1.82, 2.24) is 48.3 Å². The van der Waals surface area contributed by atoms with Gasteiger partial charge in [0, 0.05) is 78.2 Å². The Hall–Kier alpha value is -8.82. The molecule has 2 aromatic carbocycles. The van der Waals surface area contributed by atoms with Gasteiger partial charge in [0.25, 0.3) is 23.6 Å². The van der Waals surface area contributed by atoms with Crippen LogP contribution in [-0.4, -0.2) is 173 Å². The van der Waals surface area contributed by atoms with Gasteiger partial charge in [-0.2, -0.15) is 10.2 Å². The first-order valence-electron chi connectivity index (χ1n) is 31.0. The molecule has 0 saturated carbocycles. The van der Waals surface area contributed by atoms with E-state index in [-0.39, 0.29) is 62.2 Å². The van der Waals surface area contributed by atoms with Crippen molar-refractivity contribution in [2.75, 3.05) is 28.2 Å². The quantitative estimate of drug-likeness (QED) is 0.0592. The van der Waals surface area contributed by atoms with Crippen molar-refractivity contribution in [1.29, 1.82) is 0 Å². The molecule has 6 aromatic rings. The maximum Gasteiger partial charge on any atom is 0.329 e. The zero-order chi connectivity index (χ0) is 65.7. The molecule has 0 N–H and O–H groups in total. The Morgan fingerprint density at radius 3 is 0.944 bits per heavy atom. The third kappa shape index (κ3) is 18.2. The second kappa shape index (κ2) is 31.1. The lowest BCUT2D eigenvalue weighted by Crippen LogP contribution is -2.55. The normalized spacial score (nSPS) is 22.0. The molecule has 90 heavy (non-hydrogen) atoms. The predicted octanol–water partition coefficient (Wildman–Crippen LogP) is 7.74. The van der Waals surface area contributed by atoms with Crippen molar-refractivity contribution in [3.8, 4) is 11.4 Å². The van der Waals surface area contributed by atoms with Crippen molar-refractivity contribution in [2.24, 2.45) is 23.7 Å². The van der Waals surface area contributed by atoms with Crippen LogP contribution in [0, 0.1) is 23.7 Å². The Kier molecular flexibility index (Phi) is 23.7. The number of hydrogen-bond donors (Lipinski definition) is 0. The summed E-state index contributed by atoms with van der Waals surface area (Å²) in [6, 6.07) is 17.2. The predicted molar refractivity (Wildman–Crippen MR) is 337 cm³/mol. The summed E-state index contributed by atoms with van der Waals surface area (Å²) in [6.07, 6.45) is 8.94. The fourth-order valence-corrected chi connectivity index (χ4v) is 11.0. The number of amides is 4. The zero-order valence-corrected chi connectivity index (χ0v) is 54.5. The molecule has 0 bridgehead atoms. The van der Waals surface area contributed by atoms with E-state index in [1.54, 1.807) is 21.8 Å². The summed E-state index contributed by atoms with van der Waals surface area (Å²) in [6.45, 7) is 18.4. The van der Waals surface area contributed by atoms with Crippen molar-refractivity contribution >= 4 is 47.5 Å². The van der Waals surface area contributed by atoms with E-state index in [0.717, 1.165) is 42.1 Å². The lowest BCUT2D eigenvalue weighted by atomic mass is 9.99. The lowest BCUT2D eigenvalue weighted by molar-refractivity contribution is -0.176. The minimum Gasteiger partial charge on any atom is -0.451 e. The SMILES string of the molecule is CC(C)C[C@H]1C(=O)O[C@H](Cc2ccc(Cn3cc(-n4cccc4)cn3)cc2)C(=O)N(C)[C@@H](CC(C)C)C(=O)O[C@H](C)C(=O)N(C)[C@@H](CC(C)C)C(=O)O[C@H](Cc2ccc(Cn3cc(-n4cccc4)cn3)cc2)C(=O)N(C)[C@@H](CC(C)C)C(=O)O[C@H](C)C(=O)N1C. The first-order chi connectivity index (χ1) is 42.7. The van der Waals surface area contributed by atoms with Crippen molar-refractivity contribution in [2.45, 2.75) is 169 Å². The highest BCUT2D eigenvalue weighted by Gasteiger charge is 2.43. The number of rotatable bonds is 18. The number of benzene rings is 2. The van der Waals surface area contributed by atoms with E-state index in [9.17, 15) is 28.8 Å². The monoisotopic (exact) mass is 1240 g/mol. The highest BCUT2D eigenvalue weighted by molar-refractivity contribution is 5.94. The van der Waals surface area contributed by atoms with Crippen LogP contribution in [0.25, 0.3) is 11.4 Å². The van der Waals surface area contributed by atoms with Crippen LogP contribution < -0.4 is 0 Å². The van der Waals surface area contributed by atoms with E-state index in [1.807, 2.05) is 175 Å². The van der Waals surface area contributed by atoms with Crippen molar-refractivity contribution < 1.29 is 57.3 Å². The first-order valence-corrected chi connectivity index (χ1v) is 31.0. The maximum absolute atomic E-state index is 15.1. The maximum atomic E-state index is 15.1. The molecule has 1 aliphatic heterocycles. The van der Waals surface area contributed by atoms with Crippen LogP contribution in [0.4, 0.5) is 0 Å². The fourth-order valence-electron chi connectivity index (χ4n) is 11.0. The Balaban J connectivity index is 1.22. The average molecular weight is 1240 g/mol. The summed E-state index contributed by atoms with van der Waals surface area (Å²) in [7, 11) is 5.58. The number of carbonyl (C=O) groups excluding carboxylic acids is 8. The Labute approximate surface area is 528 Å². The zero-order valence-electron chi connectivity index (χ0n) is 54.5. The second-order valence-electron chi connectivity index (χ2n) is 25.4. The number of nitrogens with zero attached hydrogens (tertiary/aromatic N) is 10. The van der Waals surface area contributed by atoms with Gasteiger partial charge in [-0.25, -0.2) is 19.2 Å². The number of ether oxygens (including phenoxy) is 4. The highest BCUT2D eigenvalue weighted by atomic mass is 16.6. The molecule has 5 heterocycles. The van der Waals surface area contributed by atoms with Crippen LogP contribution in [0.2, 0.25) is 0 Å². The molecule has 8 atom stereocenters. The number of cyclic esters (lactones) is 4. The third-order valence-corrected chi connectivity index (χ3v) is 16.1. The summed E-state index contributed by atoms with van der Waals surface area (Å²) in [4.78, 5) is 123. The van der Waals surface area contributed by atoms with E-state index >= 15 is 9.59 Å². The lowest BCUT2D eigenvalue weighted by Gasteiger charge is -2.35. The van der Waals surface area contributed by atoms with Gasteiger partial charge in [-0.05, 0) is 110 Å². The molecule has 0 aliphatic carbocycles. The van der Waals surface area contributed by atoms with Crippen LogP contribution in [-0.2, 0) is 83.2 Å². The number of hydrogen-bond acceptors (Lipinski definition) is 14. The molecule has 1 saturated heterocycles. The average Bonchev–Trinajstić information content (AvgIpc) is 1.55. The molecule has 0 spiro atoms. The van der Waals surface area contributed by atoms with Gasteiger partial charge in [-0.3, -0.25) is 28.5 Å². The number of carbonyl (C=O) groups is 8. The molecule has 1 fully saturated rings. The standard InChI is InChI=1S/C68H90N10O12/c1-43(2)31-55-65(83)87-47(9)61(79)71(11)58(34-46(7)8)68(86)90-60(36-50-21-25-52(26-22-50)40-78-42-54(38-70-78)76-29-17-18-30-76)64(82)74(14)56(32-44(3)4)66(84)88-48(10)62(80)72(12)57(33-45(5)6)67(85)89-59(63(81)73(55)13)35-49-19-23-51(24-20-49)39-77-41-53(37-69-77)75-27-15-16-28-75/h15-30,37-38,41-48,55-60H,31-36,39-40H2,1-14H3/t47-,48-,55+,56+,57+,58+,59-,60-/m1/s1. The molecule has 22 nitrogen and oxygen atoms in total. The van der Waals surface area contributed by atoms with E-state index in [0.29, 0.717) is 24.2 Å². The van der Waals surface area contributed by atoms with Crippen molar-refractivity contribution in [3.63, 3.8) is 0 Å². The van der Waals surface area contributed by atoms with Crippen LogP contribution >= 0.6 is 0 Å². The molecule has 22 heteroatoms. The minimum absolute atomic E-state index is 0.0729. The molecule has 4 amide bonds. The van der Waals surface area contributed by atoms with Gasteiger partial charge in [-0.15, -0.1) is 0 Å². The van der Waals surface area contributed by atoms with Gasteiger partial charge in [0.1, 0.15) is 24.2 Å². The van der Waals surface area contributed by atoms with Gasteiger partial charge >= 0.3 is 23.9 Å². The topological polar surface area (TPSA) is 232 Å². The number of likely N-dealkylation sites (N-methyl/N-ethyl adjacent to an activating group) is 4. The van der Waals surface area contributed by atoms with Gasteiger partial charge in [0.2, 0.25) is 0 Å². The Morgan fingerprint density at radius 2 is 0.656 bits per heavy atom. The number of aromatic nitrogens is 6. The Bertz CT molecular complexity index is 3130. The minimum atomic E-state index is -1.55. The molecule has 0 unspecified atom stereocenters. The molecule has 7 rings (SSSR count).